The Morgan fingerprint density at radius 3 is 2.53 bits per heavy atom. The van der Waals surface area contributed by atoms with Crippen molar-refractivity contribution in [1.29, 1.82) is 0 Å². The standard InChI is InChI=1S/C12H14ClNO2S/c13-10-6-2-3-7-11(10)17(16)12(15)14-8-4-1-5-9-14/h2-3,6-7H,1,4-5,8-9H2. The number of benzene rings is 1. The predicted octanol–water partition coefficient (Wildman–Crippen LogP) is 3.05. The lowest BCUT2D eigenvalue weighted by Crippen LogP contribution is -2.39. The van der Waals surface area contributed by atoms with Crippen molar-refractivity contribution in [2.75, 3.05) is 13.1 Å². The van der Waals surface area contributed by atoms with Gasteiger partial charge in [-0.3, -0.25) is 4.90 Å². The van der Waals surface area contributed by atoms with Gasteiger partial charge in [0, 0.05) is 13.1 Å². The highest BCUT2D eigenvalue weighted by Gasteiger charge is 2.31. The Bertz CT molecular complexity index is 407. The molecule has 1 aliphatic heterocycles. The van der Waals surface area contributed by atoms with E-state index in [0.29, 0.717) is 23.0 Å². The summed E-state index contributed by atoms with van der Waals surface area (Å²) >= 11 is 4.26. The van der Waals surface area contributed by atoms with Crippen LogP contribution in [0.15, 0.2) is 29.2 Å². The van der Waals surface area contributed by atoms with Gasteiger partial charge >= 0.3 is 5.24 Å². The van der Waals surface area contributed by atoms with Crippen molar-refractivity contribution >= 4 is 28.0 Å². The summed E-state index contributed by atoms with van der Waals surface area (Å²) < 4.78 is 12.1. The molecular weight excluding hydrogens is 258 g/mol. The number of hydrogen-bond donors (Lipinski definition) is 0. The zero-order valence-corrected chi connectivity index (χ0v) is 11.0. The topological polar surface area (TPSA) is 43.4 Å². The summed E-state index contributed by atoms with van der Waals surface area (Å²) in [5, 5.41) is 0.0639. The van der Waals surface area contributed by atoms with E-state index < -0.39 is 11.2 Å². The first-order valence-electron chi connectivity index (χ1n) is 5.65. The Hall–Kier alpha value is -0.710. The summed E-state index contributed by atoms with van der Waals surface area (Å²) in [6.45, 7) is 1.41. The van der Waals surface area contributed by atoms with Gasteiger partial charge in [-0.1, -0.05) is 23.7 Å². The van der Waals surface area contributed by atoms with Crippen LogP contribution in [-0.4, -0.2) is 27.8 Å². The van der Waals surface area contributed by atoms with E-state index in [4.69, 9.17) is 11.6 Å². The monoisotopic (exact) mass is 271 g/mol. The van der Waals surface area contributed by atoms with E-state index >= 15 is 0 Å². The Labute approximate surface area is 109 Å². The summed E-state index contributed by atoms with van der Waals surface area (Å²) in [5.41, 5.74) is 0. The van der Waals surface area contributed by atoms with Gasteiger partial charge in [-0.05, 0) is 31.4 Å². The summed E-state index contributed by atoms with van der Waals surface area (Å²) in [7, 11) is 0. The first kappa shape index (κ1) is 12.7. The molecule has 1 aromatic rings. The Kier molecular flexibility index (Phi) is 4.31. The van der Waals surface area contributed by atoms with Crippen LogP contribution >= 0.6 is 11.6 Å². The van der Waals surface area contributed by atoms with E-state index in [1.165, 1.54) is 0 Å². The Balaban J connectivity index is 2.11. The number of nitrogens with zero attached hydrogens (tertiary/aromatic N) is 1. The van der Waals surface area contributed by atoms with Gasteiger partial charge in [0.15, 0.2) is 4.90 Å². The Morgan fingerprint density at radius 2 is 1.88 bits per heavy atom. The lowest BCUT2D eigenvalue weighted by atomic mass is 10.1. The maximum absolute atomic E-state index is 12.1. The fraction of sp³-hybridized carbons (Fsp3) is 0.417. The molecular formula is C12H14ClNO2S. The summed E-state index contributed by atoms with van der Waals surface area (Å²) in [6.07, 6.45) is 3.12. The van der Waals surface area contributed by atoms with Crippen molar-refractivity contribution in [2.24, 2.45) is 0 Å². The maximum Gasteiger partial charge on any atom is 0.435 e. The molecule has 1 saturated heterocycles. The van der Waals surface area contributed by atoms with Crippen molar-refractivity contribution in [1.82, 2.24) is 4.90 Å². The molecule has 5 heteroatoms. The molecule has 0 spiro atoms. The second-order valence-corrected chi connectivity index (χ2v) is 5.75. The molecule has 0 N–H and O–H groups in total. The number of halogens is 1. The van der Waals surface area contributed by atoms with E-state index in [-0.39, 0.29) is 5.24 Å². The smallest absolute Gasteiger partial charge is 0.435 e. The van der Waals surface area contributed by atoms with Gasteiger partial charge in [-0.2, -0.15) is 0 Å². The van der Waals surface area contributed by atoms with Crippen molar-refractivity contribution in [2.45, 2.75) is 24.2 Å². The predicted molar refractivity (Wildman–Crippen MR) is 68.7 cm³/mol. The van der Waals surface area contributed by atoms with Crippen molar-refractivity contribution in [3.05, 3.63) is 29.3 Å². The van der Waals surface area contributed by atoms with Crippen LogP contribution in [0.2, 0.25) is 5.02 Å². The zero-order chi connectivity index (χ0) is 12.3. The molecule has 0 aromatic heterocycles. The molecule has 1 atom stereocenters. The minimum absolute atomic E-state index is 0.321. The molecule has 1 aromatic carbocycles. The van der Waals surface area contributed by atoms with Gasteiger partial charge in [0.25, 0.3) is 0 Å². The normalized spacial score (nSPS) is 17.9. The molecule has 0 bridgehead atoms. The first-order valence-corrected chi connectivity index (χ1v) is 7.18. The van der Waals surface area contributed by atoms with Crippen LogP contribution in [-0.2, 0) is 11.2 Å². The minimum atomic E-state index is -1.68. The van der Waals surface area contributed by atoms with E-state index in [1.807, 2.05) is 0 Å². The van der Waals surface area contributed by atoms with Crippen molar-refractivity contribution in [3.8, 4) is 0 Å². The number of amides is 1. The van der Waals surface area contributed by atoms with Crippen molar-refractivity contribution < 1.29 is 9.35 Å². The third-order valence-corrected chi connectivity index (χ3v) is 4.58. The average molecular weight is 272 g/mol. The molecule has 0 aliphatic carbocycles. The Morgan fingerprint density at radius 1 is 1.24 bits per heavy atom. The van der Waals surface area contributed by atoms with Crippen LogP contribution in [0.5, 0.6) is 0 Å². The van der Waals surface area contributed by atoms with Crippen LogP contribution in [0.25, 0.3) is 0 Å². The quantitative estimate of drug-likeness (QED) is 0.737. The number of carbonyl (C=O) groups excluding carboxylic acids is 1. The molecule has 1 heterocycles. The molecule has 1 unspecified atom stereocenters. The van der Waals surface area contributed by atoms with E-state index in [0.717, 1.165) is 19.3 Å². The average Bonchev–Trinajstić information content (AvgIpc) is 2.39. The van der Waals surface area contributed by atoms with E-state index in [2.05, 4.69) is 0 Å². The van der Waals surface area contributed by atoms with Crippen LogP contribution < -0.4 is 0 Å². The van der Waals surface area contributed by atoms with Crippen LogP contribution in [0.3, 0.4) is 0 Å². The first-order chi connectivity index (χ1) is 8.20. The van der Waals surface area contributed by atoms with Gasteiger partial charge in [-0.25, -0.2) is 4.79 Å². The third-order valence-electron chi connectivity index (χ3n) is 2.81. The summed E-state index contributed by atoms with van der Waals surface area (Å²) in [4.78, 5) is 14.1. The molecule has 1 fully saturated rings. The molecule has 17 heavy (non-hydrogen) atoms. The highest BCUT2D eigenvalue weighted by molar-refractivity contribution is 8.06. The molecule has 0 radical (unpaired) electrons. The second kappa shape index (κ2) is 5.76. The van der Waals surface area contributed by atoms with E-state index in [1.54, 1.807) is 29.2 Å². The highest BCUT2D eigenvalue weighted by atomic mass is 35.5. The number of carbonyl (C=O) groups is 1. The molecule has 92 valence electrons. The van der Waals surface area contributed by atoms with Gasteiger partial charge in [-0.15, -0.1) is 0 Å². The fourth-order valence-corrected chi connectivity index (χ4v) is 3.28. The second-order valence-electron chi connectivity index (χ2n) is 4.01. The number of rotatable bonds is 1. The number of likely N-dealkylation sites (tertiary alicyclic amines) is 1. The molecule has 2 rings (SSSR count). The van der Waals surface area contributed by atoms with Crippen LogP contribution in [0, 0.1) is 0 Å². The molecule has 0 saturated carbocycles. The third kappa shape index (κ3) is 2.94. The van der Waals surface area contributed by atoms with Gasteiger partial charge < -0.3 is 4.55 Å². The lowest BCUT2D eigenvalue weighted by molar-refractivity contribution is 0.208. The molecule has 3 nitrogen and oxygen atoms in total. The van der Waals surface area contributed by atoms with Gasteiger partial charge in [0.05, 0.1) is 16.2 Å². The van der Waals surface area contributed by atoms with Crippen molar-refractivity contribution in [3.63, 3.8) is 0 Å². The number of hydrogen-bond acceptors (Lipinski definition) is 2. The fourth-order valence-electron chi connectivity index (χ4n) is 1.88. The highest BCUT2D eigenvalue weighted by Crippen LogP contribution is 2.24. The lowest BCUT2D eigenvalue weighted by Gasteiger charge is -2.25. The van der Waals surface area contributed by atoms with Crippen LogP contribution in [0.4, 0.5) is 4.79 Å². The van der Waals surface area contributed by atoms with Gasteiger partial charge in [0.1, 0.15) is 0 Å². The molecule has 1 aliphatic rings. The minimum Gasteiger partial charge on any atom is -0.603 e. The van der Waals surface area contributed by atoms with E-state index in [9.17, 15) is 9.35 Å². The zero-order valence-electron chi connectivity index (χ0n) is 9.39. The number of piperidine rings is 1. The van der Waals surface area contributed by atoms with Crippen LogP contribution in [0.1, 0.15) is 19.3 Å². The maximum atomic E-state index is 12.1. The summed E-state index contributed by atoms with van der Waals surface area (Å²) in [5.74, 6) is 0. The largest absolute Gasteiger partial charge is 0.603 e. The summed E-state index contributed by atoms with van der Waals surface area (Å²) in [6, 6.07) is 6.79. The molecule has 1 amide bonds. The SMILES string of the molecule is O=C(N1CCCCC1)[S+]([O-])c1ccccc1Cl. The van der Waals surface area contributed by atoms with Gasteiger partial charge in [0.2, 0.25) is 0 Å².